The summed E-state index contributed by atoms with van der Waals surface area (Å²) in [6, 6.07) is 0.540. The summed E-state index contributed by atoms with van der Waals surface area (Å²) in [6.07, 6.45) is -4.26. The number of nitrogens with one attached hydrogen (secondary N) is 1. The molecule has 5 nitrogen and oxygen atoms in total. The van der Waals surface area contributed by atoms with Gasteiger partial charge in [-0.2, -0.15) is 18.2 Å². The van der Waals surface area contributed by atoms with Gasteiger partial charge in [0.2, 0.25) is 5.88 Å². The molecule has 112 valence electrons. The van der Waals surface area contributed by atoms with E-state index in [1.54, 1.807) is 13.8 Å². The summed E-state index contributed by atoms with van der Waals surface area (Å²) < 4.78 is 42.9. The second kappa shape index (κ2) is 6.44. The summed E-state index contributed by atoms with van der Waals surface area (Å²) in [4.78, 5) is 15.1. The zero-order valence-electron chi connectivity index (χ0n) is 11.0. The third-order valence-corrected chi connectivity index (χ3v) is 2.31. The maximum Gasteiger partial charge on any atom is 0.421 e. The molecule has 8 heteroatoms. The molecule has 20 heavy (non-hydrogen) atoms. The van der Waals surface area contributed by atoms with Crippen LogP contribution in [0.5, 0.6) is 5.88 Å². The van der Waals surface area contributed by atoms with Crippen molar-refractivity contribution in [3.63, 3.8) is 0 Å². The average molecular weight is 292 g/mol. The van der Waals surface area contributed by atoms with Crippen LogP contribution in [0, 0.1) is 0 Å². The molecule has 0 aromatic carbocycles. The minimum Gasteiger partial charge on any atom is -0.493 e. The topological polar surface area (TPSA) is 71.5 Å². The van der Waals surface area contributed by atoms with Crippen molar-refractivity contribution in [1.29, 1.82) is 0 Å². The Bertz CT molecular complexity index is 490. The van der Waals surface area contributed by atoms with E-state index in [4.69, 9.17) is 4.74 Å². The minimum atomic E-state index is -4.80. The number of hydrogen-bond donors (Lipinski definition) is 2. The van der Waals surface area contributed by atoms with Crippen molar-refractivity contribution in [2.75, 3.05) is 18.5 Å². The van der Waals surface area contributed by atoms with E-state index in [0.717, 1.165) is 0 Å². The largest absolute Gasteiger partial charge is 0.493 e. The number of halogens is 3. The van der Waals surface area contributed by atoms with Crippen molar-refractivity contribution in [2.45, 2.75) is 26.4 Å². The van der Waals surface area contributed by atoms with Gasteiger partial charge in [0.1, 0.15) is 16.9 Å². The number of pyridine rings is 1. The van der Waals surface area contributed by atoms with Gasteiger partial charge in [-0.15, -0.1) is 0 Å². The van der Waals surface area contributed by atoms with Gasteiger partial charge in [0.25, 0.3) is 0 Å². The number of esters is 1. The van der Waals surface area contributed by atoms with Crippen molar-refractivity contribution in [2.24, 2.45) is 0 Å². The number of alkyl halides is 3. The molecule has 0 atom stereocenters. The van der Waals surface area contributed by atoms with Gasteiger partial charge >= 0.3 is 12.1 Å². The lowest BCUT2D eigenvalue weighted by Crippen LogP contribution is -2.15. The standard InChI is InChI=1S/C12H15F3N2O3/c1-3-5-20-11(19)7-6-8(12(13,14)15)10(18)17-9(7)16-4-2/h6H,3-5H2,1-2H3,(H2,16,17,18). The van der Waals surface area contributed by atoms with E-state index in [2.05, 4.69) is 10.3 Å². The van der Waals surface area contributed by atoms with Crippen molar-refractivity contribution >= 4 is 11.8 Å². The van der Waals surface area contributed by atoms with Crippen LogP contribution in [0.15, 0.2) is 6.07 Å². The lowest BCUT2D eigenvalue weighted by Gasteiger charge is -2.14. The van der Waals surface area contributed by atoms with Crippen LogP contribution >= 0.6 is 0 Å². The summed E-state index contributed by atoms with van der Waals surface area (Å²) in [7, 11) is 0. The van der Waals surface area contributed by atoms with E-state index in [0.29, 0.717) is 19.0 Å². The van der Waals surface area contributed by atoms with Crippen LogP contribution in [0.2, 0.25) is 0 Å². The monoisotopic (exact) mass is 292 g/mol. The molecule has 1 aromatic rings. The molecule has 0 spiro atoms. The Morgan fingerprint density at radius 1 is 1.45 bits per heavy atom. The molecule has 2 N–H and O–H groups in total. The maximum absolute atomic E-state index is 12.7. The van der Waals surface area contributed by atoms with Crippen LogP contribution in [0.1, 0.15) is 36.2 Å². The zero-order valence-corrected chi connectivity index (χ0v) is 11.0. The van der Waals surface area contributed by atoms with Crippen LogP contribution in [-0.2, 0) is 10.9 Å². The smallest absolute Gasteiger partial charge is 0.421 e. The highest BCUT2D eigenvalue weighted by atomic mass is 19.4. The second-order valence-electron chi connectivity index (χ2n) is 3.92. The molecule has 0 unspecified atom stereocenters. The first-order valence-electron chi connectivity index (χ1n) is 6.03. The van der Waals surface area contributed by atoms with Gasteiger partial charge in [-0.1, -0.05) is 6.92 Å². The van der Waals surface area contributed by atoms with Gasteiger partial charge in [-0.05, 0) is 19.4 Å². The number of anilines is 1. The fourth-order valence-corrected chi connectivity index (χ4v) is 1.44. The Morgan fingerprint density at radius 2 is 2.10 bits per heavy atom. The Labute approximate surface area is 113 Å². The van der Waals surface area contributed by atoms with Gasteiger partial charge in [-0.25, -0.2) is 4.79 Å². The highest BCUT2D eigenvalue weighted by Crippen LogP contribution is 2.36. The Morgan fingerprint density at radius 3 is 2.60 bits per heavy atom. The second-order valence-corrected chi connectivity index (χ2v) is 3.92. The van der Waals surface area contributed by atoms with Gasteiger partial charge < -0.3 is 15.2 Å². The third-order valence-electron chi connectivity index (χ3n) is 2.31. The molecule has 0 aliphatic carbocycles. The number of carbonyl (C=O) groups excluding carboxylic acids is 1. The first-order valence-corrected chi connectivity index (χ1v) is 6.03. The SMILES string of the molecule is CCCOC(=O)c1cc(C(F)(F)F)c(O)nc1NCC. The number of rotatable bonds is 5. The highest BCUT2D eigenvalue weighted by Gasteiger charge is 2.36. The van der Waals surface area contributed by atoms with Gasteiger partial charge in [0.15, 0.2) is 0 Å². The fourth-order valence-electron chi connectivity index (χ4n) is 1.44. The Balaban J connectivity index is 3.26. The average Bonchev–Trinajstić information content (AvgIpc) is 2.35. The third kappa shape index (κ3) is 3.75. The predicted molar refractivity (Wildman–Crippen MR) is 65.6 cm³/mol. The Kier molecular flexibility index (Phi) is 5.18. The molecule has 0 radical (unpaired) electrons. The molecule has 0 fully saturated rings. The number of hydrogen-bond acceptors (Lipinski definition) is 5. The van der Waals surface area contributed by atoms with Crippen molar-refractivity contribution in [1.82, 2.24) is 4.98 Å². The van der Waals surface area contributed by atoms with E-state index in [-0.39, 0.29) is 18.0 Å². The van der Waals surface area contributed by atoms with Crippen molar-refractivity contribution < 1.29 is 27.8 Å². The number of ether oxygens (including phenoxy) is 1. The molecule has 0 aliphatic heterocycles. The van der Waals surface area contributed by atoms with Gasteiger partial charge in [0.05, 0.1) is 6.61 Å². The summed E-state index contributed by atoms with van der Waals surface area (Å²) in [5.74, 6) is -2.24. The fraction of sp³-hybridized carbons (Fsp3) is 0.500. The van der Waals surface area contributed by atoms with Gasteiger partial charge in [0, 0.05) is 6.54 Å². The van der Waals surface area contributed by atoms with Crippen molar-refractivity contribution in [3.05, 3.63) is 17.2 Å². The Hall–Kier alpha value is -1.99. The summed E-state index contributed by atoms with van der Waals surface area (Å²) in [5, 5.41) is 11.9. The van der Waals surface area contributed by atoms with Crippen molar-refractivity contribution in [3.8, 4) is 5.88 Å². The van der Waals surface area contributed by atoms with Crippen LogP contribution in [0.4, 0.5) is 19.0 Å². The molecule has 0 saturated carbocycles. The molecule has 0 bridgehead atoms. The summed E-state index contributed by atoms with van der Waals surface area (Å²) >= 11 is 0. The minimum absolute atomic E-state index is 0.0899. The molecule has 0 aliphatic rings. The number of aromatic hydroxyl groups is 1. The van der Waals surface area contributed by atoms with E-state index >= 15 is 0 Å². The molecule has 1 heterocycles. The number of aromatic nitrogens is 1. The molecule has 0 amide bonds. The summed E-state index contributed by atoms with van der Waals surface area (Å²) in [5.41, 5.74) is -1.73. The highest BCUT2D eigenvalue weighted by molar-refractivity contribution is 5.95. The van der Waals surface area contributed by atoms with Crippen LogP contribution < -0.4 is 5.32 Å². The zero-order chi connectivity index (χ0) is 15.3. The van der Waals surface area contributed by atoms with Crippen LogP contribution in [0.3, 0.4) is 0 Å². The van der Waals surface area contributed by atoms with Crippen LogP contribution in [0.25, 0.3) is 0 Å². The number of carbonyl (C=O) groups is 1. The molecule has 0 saturated heterocycles. The van der Waals surface area contributed by atoms with Crippen LogP contribution in [-0.4, -0.2) is 29.2 Å². The molecule has 1 aromatic heterocycles. The van der Waals surface area contributed by atoms with E-state index in [1.165, 1.54) is 0 Å². The quantitative estimate of drug-likeness (QED) is 0.816. The number of nitrogens with zero attached hydrogens (tertiary/aromatic N) is 1. The molecular formula is C12H15F3N2O3. The maximum atomic E-state index is 12.7. The summed E-state index contributed by atoms with van der Waals surface area (Å²) in [6.45, 7) is 3.85. The van der Waals surface area contributed by atoms with E-state index < -0.39 is 23.6 Å². The molecule has 1 rings (SSSR count). The van der Waals surface area contributed by atoms with Gasteiger partial charge in [-0.3, -0.25) is 0 Å². The lowest BCUT2D eigenvalue weighted by atomic mass is 10.1. The molecular weight excluding hydrogens is 277 g/mol. The first-order chi connectivity index (χ1) is 9.31. The first kappa shape index (κ1) is 16.1. The van der Waals surface area contributed by atoms with E-state index in [1.807, 2.05) is 0 Å². The normalized spacial score (nSPS) is 11.2. The predicted octanol–water partition coefficient (Wildman–Crippen LogP) is 2.80. The van der Waals surface area contributed by atoms with E-state index in [9.17, 15) is 23.1 Å². The lowest BCUT2D eigenvalue weighted by molar-refractivity contribution is -0.139.